The Bertz CT molecular complexity index is 474. The van der Waals surface area contributed by atoms with Gasteiger partial charge in [-0.3, -0.25) is 0 Å². The van der Waals surface area contributed by atoms with Gasteiger partial charge in [-0.05, 0) is 43.2 Å². The fraction of sp³-hybridized carbons (Fsp3) is 0.714. The number of aliphatic hydroxyl groups excluding tert-OH is 1. The summed E-state index contributed by atoms with van der Waals surface area (Å²) in [4.78, 5) is 2.41. The number of aliphatic hydroxyl groups is 1. The second-order valence-corrected chi connectivity index (χ2v) is 8.00. The van der Waals surface area contributed by atoms with Gasteiger partial charge in [0.2, 0.25) is 0 Å². The highest BCUT2D eigenvalue weighted by atomic mass is 16.5. The Morgan fingerprint density at radius 1 is 1.21 bits per heavy atom. The second-order valence-electron chi connectivity index (χ2n) is 8.00. The van der Waals surface area contributed by atoms with Crippen LogP contribution in [0.1, 0.15) is 52.0 Å². The molecule has 1 aliphatic rings. The number of benzene rings is 1. The SMILES string of the molecule is CCC(C)(C)C1CCC(O)CC1N(C)CCOCc1ccccc1. The molecule has 0 spiro atoms. The summed E-state index contributed by atoms with van der Waals surface area (Å²) in [6, 6.07) is 10.8. The van der Waals surface area contributed by atoms with E-state index in [2.05, 4.69) is 44.9 Å². The van der Waals surface area contributed by atoms with Crippen molar-refractivity contribution < 1.29 is 9.84 Å². The first-order chi connectivity index (χ1) is 11.4. The third kappa shape index (κ3) is 5.30. The third-order valence-corrected chi connectivity index (χ3v) is 5.97. The molecule has 3 nitrogen and oxygen atoms in total. The lowest BCUT2D eigenvalue weighted by molar-refractivity contribution is -0.0187. The van der Waals surface area contributed by atoms with Crippen LogP contribution in [0.25, 0.3) is 0 Å². The van der Waals surface area contributed by atoms with Crippen LogP contribution in [-0.4, -0.2) is 42.4 Å². The monoisotopic (exact) mass is 333 g/mol. The highest BCUT2D eigenvalue weighted by Gasteiger charge is 2.40. The summed E-state index contributed by atoms with van der Waals surface area (Å²) in [7, 11) is 2.19. The van der Waals surface area contributed by atoms with Gasteiger partial charge in [0.05, 0.1) is 19.3 Å². The summed E-state index contributed by atoms with van der Waals surface area (Å²) < 4.78 is 5.85. The Morgan fingerprint density at radius 2 is 1.92 bits per heavy atom. The molecule has 24 heavy (non-hydrogen) atoms. The summed E-state index contributed by atoms with van der Waals surface area (Å²) >= 11 is 0. The highest BCUT2D eigenvalue weighted by Crippen LogP contribution is 2.42. The van der Waals surface area contributed by atoms with E-state index in [1.165, 1.54) is 12.0 Å². The van der Waals surface area contributed by atoms with Crippen LogP contribution in [0.4, 0.5) is 0 Å². The van der Waals surface area contributed by atoms with E-state index in [-0.39, 0.29) is 6.10 Å². The van der Waals surface area contributed by atoms with E-state index in [4.69, 9.17) is 4.74 Å². The Hall–Kier alpha value is -0.900. The summed E-state index contributed by atoms with van der Waals surface area (Å²) in [5.74, 6) is 0.644. The molecule has 0 amide bonds. The predicted molar refractivity (Wildman–Crippen MR) is 99.9 cm³/mol. The van der Waals surface area contributed by atoms with Crippen LogP contribution >= 0.6 is 0 Å². The molecule has 3 atom stereocenters. The van der Waals surface area contributed by atoms with Crippen LogP contribution in [0.15, 0.2) is 30.3 Å². The first-order valence-corrected chi connectivity index (χ1v) is 9.44. The van der Waals surface area contributed by atoms with Crippen LogP contribution in [0.5, 0.6) is 0 Å². The van der Waals surface area contributed by atoms with Crippen molar-refractivity contribution >= 4 is 0 Å². The minimum absolute atomic E-state index is 0.147. The first-order valence-electron chi connectivity index (χ1n) is 9.44. The number of ether oxygens (including phenoxy) is 1. The van der Waals surface area contributed by atoms with Gasteiger partial charge < -0.3 is 14.7 Å². The average molecular weight is 334 g/mol. The zero-order chi connectivity index (χ0) is 17.6. The van der Waals surface area contributed by atoms with Gasteiger partial charge in [-0.2, -0.15) is 0 Å². The number of hydrogen-bond donors (Lipinski definition) is 1. The van der Waals surface area contributed by atoms with Crippen molar-refractivity contribution in [2.45, 2.75) is 65.2 Å². The van der Waals surface area contributed by atoms with Gasteiger partial charge in [0, 0.05) is 12.6 Å². The van der Waals surface area contributed by atoms with E-state index in [0.717, 1.165) is 32.4 Å². The second kappa shape index (κ2) is 8.98. The van der Waals surface area contributed by atoms with E-state index in [0.29, 0.717) is 24.0 Å². The maximum absolute atomic E-state index is 10.1. The fourth-order valence-corrected chi connectivity index (χ4v) is 3.92. The zero-order valence-electron chi connectivity index (χ0n) is 15.9. The van der Waals surface area contributed by atoms with Crippen molar-refractivity contribution in [2.24, 2.45) is 11.3 Å². The van der Waals surface area contributed by atoms with Crippen LogP contribution in [0, 0.1) is 11.3 Å². The van der Waals surface area contributed by atoms with Crippen molar-refractivity contribution in [2.75, 3.05) is 20.2 Å². The molecule has 0 radical (unpaired) electrons. The Balaban J connectivity index is 1.84. The topological polar surface area (TPSA) is 32.7 Å². The van der Waals surface area contributed by atoms with Gasteiger partial charge in [-0.25, -0.2) is 0 Å². The molecule has 1 N–H and O–H groups in total. The molecule has 1 aliphatic carbocycles. The molecule has 2 rings (SSSR count). The highest BCUT2D eigenvalue weighted by molar-refractivity contribution is 5.13. The van der Waals surface area contributed by atoms with Crippen LogP contribution < -0.4 is 0 Å². The van der Waals surface area contributed by atoms with Crippen molar-refractivity contribution in [1.29, 1.82) is 0 Å². The maximum atomic E-state index is 10.1. The number of rotatable bonds is 8. The molecule has 1 fully saturated rings. The lowest BCUT2D eigenvalue weighted by Gasteiger charge is -2.47. The van der Waals surface area contributed by atoms with Crippen molar-refractivity contribution in [3.63, 3.8) is 0 Å². The average Bonchev–Trinajstić information content (AvgIpc) is 2.59. The standard InChI is InChI=1S/C21H35NO2/c1-5-21(2,3)19-12-11-18(23)15-20(19)22(4)13-14-24-16-17-9-7-6-8-10-17/h6-10,18-20,23H,5,11-16H2,1-4H3. The fourth-order valence-electron chi connectivity index (χ4n) is 3.92. The Morgan fingerprint density at radius 3 is 2.58 bits per heavy atom. The van der Waals surface area contributed by atoms with Crippen LogP contribution in [0.2, 0.25) is 0 Å². The van der Waals surface area contributed by atoms with Gasteiger partial charge >= 0.3 is 0 Å². The van der Waals surface area contributed by atoms with E-state index >= 15 is 0 Å². The van der Waals surface area contributed by atoms with E-state index < -0.39 is 0 Å². The van der Waals surface area contributed by atoms with Gasteiger partial charge in [0.1, 0.15) is 0 Å². The third-order valence-electron chi connectivity index (χ3n) is 5.97. The summed E-state index contributed by atoms with van der Waals surface area (Å²) in [6.45, 7) is 9.36. The predicted octanol–water partition coefficient (Wildman–Crippen LogP) is 4.10. The van der Waals surface area contributed by atoms with Gasteiger partial charge in [-0.1, -0.05) is 57.5 Å². The van der Waals surface area contributed by atoms with Crippen LogP contribution in [0.3, 0.4) is 0 Å². The molecule has 0 saturated heterocycles. The first kappa shape index (κ1) is 19.4. The van der Waals surface area contributed by atoms with Gasteiger partial charge in [0.25, 0.3) is 0 Å². The van der Waals surface area contributed by atoms with Crippen molar-refractivity contribution in [3.05, 3.63) is 35.9 Å². The molecule has 136 valence electrons. The van der Waals surface area contributed by atoms with E-state index in [9.17, 15) is 5.11 Å². The molecule has 0 aromatic heterocycles. The summed E-state index contributed by atoms with van der Waals surface area (Å²) in [6.07, 6.45) is 4.00. The maximum Gasteiger partial charge on any atom is 0.0717 e. The molecule has 0 heterocycles. The molecule has 0 bridgehead atoms. The molecular weight excluding hydrogens is 298 g/mol. The lowest BCUT2D eigenvalue weighted by atomic mass is 9.66. The normalized spacial score (nSPS) is 25.2. The lowest BCUT2D eigenvalue weighted by Crippen LogP contribution is -2.49. The minimum atomic E-state index is -0.147. The molecule has 3 unspecified atom stereocenters. The molecule has 1 aromatic rings. The minimum Gasteiger partial charge on any atom is -0.393 e. The molecule has 0 aliphatic heterocycles. The largest absolute Gasteiger partial charge is 0.393 e. The molecular formula is C21H35NO2. The zero-order valence-corrected chi connectivity index (χ0v) is 15.9. The van der Waals surface area contributed by atoms with Gasteiger partial charge in [-0.15, -0.1) is 0 Å². The Kier molecular flexibility index (Phi) is 7.27. The van der Waals surface area contributed by atoms with Crippen molar-refractivity contribution in [3.8, 4) is 0 Å². The smallest absolute Gasteiger partial charge is 0.0717 e. The van der Waals surface area contributed by atoms with Gasteiger partial charge in [0.15, 0.2) is 0 Å². The summed E-state index contributed by atoms with van der Waals surface area (Å²) in [5, 5.41) is 10.1. The van der Waals surface area contributed by atoms with Crippen LogP contribution in [-0.2, 0) is 11.3 Å². The molecule has 1 aromatic carbocycles. The number of likely N-dealkylation sites (N-methyl/N-ethyl adjacent to an activating group) is 1. The quantitative estimate of drug-likeness (QED) is 0.727. The number of nitrogens with zero attached hydrogens (tertiary/aromatic N) is 1. The molecule has 3 heteroatoms. The Labute approximate surface area is 148 Å². The van der Waals surface area contributed by atoms with E-state index in [1.807, 2.05) is 18.2 Å². The summed E-state index contributed by atoms with van der Waals surface area (Å²) in [5.41, 5.74) is 1.54. The molecule has 1 saturated carbocycles. The van der Waals surface area contributed by atoms with Crippen molar-refractivity contribution in [1.82, 2.24) is 4.90 Å². The van der Waals surface area contributed by atoms with E-state index in [1.54, 1.807) is 0 Å². The number of hydrogen-bond acceptors (Lipinski definition) is 3.